The number of anilines is 1. The number of ether oxygens (including phenoxy) is 1. The van der Waals surface area contributed by atoms with Crippen molar-refractivity contribution in [2.24, 2.45) is 0 Å². The van der Waals surface area contributed by atoms with E-state index in [1.807, 2.05) is 81.4 Å². The van der Waals surface area contributed by atoms with E-state index in [-0.39, 0.29) is 11.6 Å². The first-order valence-corrected chi connectivity index (χ1v) is 11.2. The molecule has 7 heteroatoms. The van der Waals surface area contributed by atoms with Gasteiger partial charge in [-0.05, 0) is 62.7 Å². The van der Waals surface area contributed by atoms with Crippen LogP contribution >= 0.6 is 0 Å². The number of nitrogens with zero attached hydrogens (tertiary/aromatic N) is 3. The lowest BCUT2D eigenvalue weighted by atomic mass is 10.2. The first kappa shape index (κ1) is 23.0. The molecule has 4 rings (SSSR count). The number of hydrogen-bond acceptors (Lipinski definition) is 4. The van der Waals surface area contributed by atoms with E-state index in [0.717, 1.165) is 5.56 Å². The maximum absolute atomic E-state index is 13.7. The van der Waals surface area contributed by atoms with Crippen LogP contribution in [0.1, 0.15) is 31.3 Å². The summed E-state index contributed by atoms with van der Waals surface area (Å²) in [5.74, 6) is 1.02. The molecule has 0 aliphatic rings. The topological polar surface area (TPSA) is 76.5 Å². The predicted molar refractivity (Wildman–Crippen MR) is 135 cm³/mol. The molecule has 34 heavy (non-hydrogen) atoms. The van der Waals surface area contributed by atoms with Crippen LogP contribution in [-0.2, 0) is 0 Å². The van der Waals surface area contributed by atoms with Crippen LogP contribution < -0.4 is 15.6 Å². The van der Waals surface area contributed by atoms with Gasteiger partial charge in [-0.25, -0.2) is 9.78 Å². The first-order valence-electron chi connectivity index (χ1n) is 11.2. The Bertz CT molecular complexity index is 1400. The molecule has 0 fully saturated rings. The molecule has 0 bridgehead atoms. The zero-order chi connectivity index (χ0) is 24.2. The van der Waals surface area contributed by atoms with Crippen LogP contribution in [0, 0.1) is 6.92 Å². The van der Waals surface area contributed by atoms with Gasteiger partial charge >= 0.3 is 6.03 Å². The fourth-order valence-electron chi connectivity index (χ4n) is 3.87. The van der Waals surface area contributed by atoms with E-state index >= 15 is 0 Å². The fourth-order valence-corrected chi connectivity index (χ4v) is 3.87. The number of amides is 2. The first-order chi connectivity index (χ1) is 16.4. The second-order valence-corrected chi connectivity index (χ2v) is 8.11. The molecule has 1 heterocycles. The Morgan fingerprint density at radius 1 is 1.09 bits per heavy atom. The van der Waals surface area contributed by atoms with Crippen molar-refractivity contribution in [2.45, 2.75) is 26.8 Å². The molecule has 7 nitrogen and oxygen atoms in total. The number of carbonyl (C=O) groups is 1. The van der Waals surface area contributed by atoms with Gasteiger partial charge in [0.25, 0.3) is 5.56 Å². The lowest BCUT2D eigenvalue weighted by Gasteiger charge is -2.27. The molecule has 4 aromatic rings. The summed E-state index contributed by atoms with van der Waals surface area (Å²) in [5, 5.41) is 3.42. The Morgan fingerprint density at radius 2 is 1.82 bits per heavy atom. The van der Waals surface area contributed by atoms with Gasteiger partial charge in [-0.1, -0.05) is 36.4 Å². The Labute approximate surface area is 198 Å². The van der Waals surface area contributed by atoms with Gasteiger partial charge in [0.1, 0.15) is 11.6 Å². The smallest absolute Gasteiger partial charge is 0.322 e. The number of fused-ring (bicyclic) bond motifs is 1. The summed E-state index contributed by atoms with van der Waals surface area (Å²) < 4.78 is 7.36. The van der Waals surface area contributed by atoms with Crippen LogP contribution in [0.25, 0.3) is 16.6 Å². The van der Waals surface area contributed by atoms with Gasteiger partial charge < -0.3 is 15.0 Å². The summed E-state index contributed by atoms with van der Waals surface area (Å²) in [5.41, 5.74) is 2.70. The summed E-state index contributed by atoms with van der Waals surface area (Å²) in [4.78, 5) is 33.1. The van der Waals surface area contributed by atoms with Crippen LogP contribution in [0.5, 0.6) is 5.75 Å². The lowest BCUT2D eigenvalue weighted by Crippen LogP contribution is -2.37. The van der Waals surface area contributed by atoms with Crippen LogP contribution in [0.4, 0.5) is 10.5 Å². The lowest BCUT2D eigenvalue weighted by molar-refractivity contribution is 0.205. The summed E-state index contributed by atoms with van der Waals surface area (Å²) in [7, 11) is 1.69. The monoisotopic (exact) mass is 456 g/mol. The molecule has 2 amide bonds. The number of rotatable bonds is 6. The molecule has 0 aliphatic heterocycles. The second-order valence-electron chi connectivity index (χ2n) is 8.11. The van der Waals surface area contributed by atoms with Crippen molar-refractivity contribution in [3.8, 4) is 11.4 Å². The number of aryl methyl sites for hydroxylation is 1. The molecule has 0 saturated heterocycles. The molecule has 0 aliphatic carbocycles. The minimum Gasteiger partial charge on any atom is -0.492 e. The van der Waals surface area contributed by atoms with Crippen molar-refractivity contribution in [3.05, 3.63) is 94.5 Å². The highest BCUT2D eigenvalue weighted by molar-refractivity contribution is 5.89. The van der Waals surface area contributed by atoms with E-state index < -0.39 is 6.04 Å². The van der Waals surface area contributed by atoms with Crippen molar-refractivity contribution >= 4 is 22.6 Å². The van der Waals surface area contributed by atoms with Gasteiger partial charge in [-0.3, -0.25) is 9.36 Å². The van der Waals surface area contributed by atoms with Gasteiger partial charge in [0.05, 0.1) is 29.2 Å². The maximum atomic E-state index is 13.7. The van der Waals surface area contributed by atoms with E-state index in [0.29, 0.717) is 40.5 Å². The van der Waals surface area contributed by atoms with Crippen molar-refractivity contribution in [3.63, 3.8) is 0 Å². The summed E-state index contributed by atoms with van der Waals surface area (Å²) in [6.45, 7) is 6.17. The third-order valence-corrected chi connectivity index (χ3v) is 5.75. The van der Waals surface area contributed by atoms with Gasteiger partial charge in [-0.2, -0.15) is 0 Å². The molecule has 0 saturated carbocycles. The van der Waals surface area contributed by atoms with Crippen LogP contribution in [0.15, 0.2) is 77.6 Å². The molecule has 0 radical (unpaired) electrons. The zero-order valence-corrected chi connectivity index (χ0v) is 19.8. The van der Waals surface area contributed by atoms with E-state index in [1.54, 1.807) is 28.6 Å². The van der Waals surface area contributed by atoms with Gasteiger partial charge in [0.15, 0.2) is 0 Å². The molecule has 3 aromatic carbocycles. The molecule has 0 spiro atoms. The van der Waals surface area contributed by atoms with Gasteiger partial charge in [-0.15, -0.1) is 0 Å². The number of para-hydroxylation sites is 3. The quantitative estimate of drug-likeness (QED) is 0.426. The van der Waals surface area contributed by atoms with Gasteiger partial charge in [0, 0.05) is 12.7 Å². The highest BCUT2D eigenvalue weighted by Crippen LogP contribution is 2.27. The van der Waals surface area contributed by atoms with Crippen molar-refractivity contribution < 1.29 is 9.53 Å². The predicted octanol–water partition coefficient (Wildman–Crippen LogP) is 5.32. The van der Waals surface area contributed by atoms with Crippen molar-refractivity contribution in [2.75, 3.05) is 19.0 Å². The molecule has 174 valence electrons. The van der Waals surface area contributed by atoms with Crippen LogP contribution in [0.3, 0.4) is 0 Å². The third kappa shape index (κ3) is 4.50. The Kier molecular flexibility index (Phi) is 6.63. The Hall–Kier alpha value is -4.13. The third-order valence-electron chi connectivity index (χ3n) is 5.75. The molecule has 1 aromatic heterocycles. The Balaban J connectivity index is 1.82. The average Bonchev–Trinajstić information content (AvgIpc) is 2.84. The standard InChI is InChI=1S/C27H28N4O3/c1-5-34-24-16-9-8-15-23(24)31-25(29-22-14-7-6-13-21(22)26(31)32)19(3)30(4)27(33)28-20-12-10-11-18(2)17-20/h6-17,19H,5H2,1-4H3,(H,28,33). The van der Waals surface area contributed by atoms with E-state index in [4.69, 9.17) is 9.72 Å². The van der Waals surface area contributed by atoms with Crippen LogP contribution in [0.2, 0.25) is 0 Å². The molecule has 1 atom stereocenters. The maximum Gasteiger partial charge on any atom is 0.322 e. The number of aromatic nitrogens is 2. The molecular weight excluding hydrogens is 428 g/mol. The zero-order valence-electron chi connectivity index (χ0n) is 19.8. The summed E-state index contributed by atoms with van der Waals surface area (Å²) >= 11 is 0. The Morgan fingerprint density at radius 3 is 2.59 bits per heavy atom. The molecule has 1 unspecified atom stereocenters. The van der Waals surface area contributed by atoms with Crippen molar-refractivity contribution in [1.29, 1.82) is 0 Å². The number of hydrogen-bond donors (Lipinski definition) is 1. The minimum atomic E-state index is -0.517. The van der Waals surface area contributed by atoms with E-state index in [2.05, 4.69) is 5.32 Å². The minimum absolute atomic E-state index is 0.216. The second kappa shape index (κ2) is 9.79. The average molecular weight is 457 g/mol. The van der Waals surface area contributed by atoms with E-state index in [9.17, 15) is 9.59 Å². The fraction of sp³-hybridized carbons (Fsp3) is 0.222. The molecular formula is C27H28N4O3. The SMILES string of the molecule is CCOc1ccccc1-n1c(C(C)N(C)C(=O)Nc2cccc(C)c2)nc2ccccc2c1=O. The highest BCUT2D eigenvalue weighted by atomic mass is 16.5. The number of nitrogens with one attached hydrogen (secondary N) is 1. The number of benzene rings is 3. The summed E-state index contributed by atoms with van der Waals surface area (Å²) in [6, 6.07) is 21.4. The largest absolute Gasteiger partial charge is 0.492 e. The van der Waals surface area contributed by atoms with Crippen molar-refractivity contribution in [1.82, 2.24) is 14.5 Å². The van der Waals surface area contributed by atoms with E-state index in [1.165, 1.54) is 0 Å². The normalized spacial score (nSPS) is 11.8. The number of urea groups is 1. The highest BCUT2D eigenvalue weighted by Gasteiger charge is 2.25. The van der Waals surface area contributed by atoms with Gasteiger partial charge in [0.2, 0.25) is 0 Å². The summed E-state index contributed by atoms with van der Waals surface area (Å²) in [6.07, 6.45) is 0. The van der Waals surface area contributed by atoms with Crippen LogP contribution in [-0.4, -0.2) is 34.1 Å². The molecule has 1 N–H and O–H groups in total. The number of carbonyl (C=O) groups excluding carboxylic acids is 1.